The summed E-state index contributed by atoms with van der Waals surface area (Å²) in [5.41, 5.74) is 7.04. The summed E-state index contributed by atoms with van der Waals surface area (Å²) in [5, 5.41) is 2.09. The van der Waals surface area contributed by atoms with Gasteiger partial charge in [0.1, 0.15) is 0 Å². The fourth-order valence-corrected chi connectivity index (χ4v) is 4.44. The largest absolute Gasteiger partial charge is 0.338 e. The summed E-state index contributed by atoms with van der Waals surface area (Å²) in [7, 11) is 0. The van der Waals surface area contributed by atoms with Crippen LogP contribution in [0.5, 0.6) is 0 Å². The minimum absolute atomic E-state index is 0.0849. The zero-order valence-corrected chi connectivity index (χ0v) is 14.3. The number of hydrogen-bond acceptors (Lipinski definition) is 4. The molecule has 6 heteroatoms. The van der Waals surface area contributed by atoms with Crippen molar-refractivity contribution >= 4 is 23.2 Å². The molecule has 2 aliphatic heterocycles. The van der Waals surface area contributed by atoms with Crippen molar-refractivity contribution in [1.82, 2.24) is 9.80 Å². The lowest BCUT2D eigenvalue weighted by molar-refractivity contribution is -0.139. The normalized spacial score (nSPS) is 21.2. The zero-order valence-electron chi connectivity index (χ0n) is 13.5. The monoisotopic (exact) mass is 335 g/mol. The van der Waals surface area contributed by atoms with Gasteiger partial charge in [-0.15, -0.1) is 11.3 Å². The van der Waals surface area contributed by atoms with Gasteiger partial charge in [-0.25, -0.2) is 0 Å². The molecule has 2 aliphatic rings. The second kappa shape index (κ2) is 7.45. The number of hydrogen-bond donors (Lipinski definition) is 1. The summed E-state index contributed by atoms with van der Waals surface area (Å²) in [4.78, 5) is 30.0. The van der Waals surface area contributed by atoms with E-state index in [1.54, 1.807) is 11.3 Å². The summed E-state index contributed by atoms with van der Waals surface area (Å²) in [6, 6.07) is 2.26. The lowest BCUT2D eigenvalue weighted by atomic mass is 10.0. The maximum Gasteiger partial charge on any atom is 0.223 e. The molecule has 0 aliphatic carbocycles. The summed E-state index contributed by atoms with van der Waals surface area (Å²) < 4.78 is 0. The van der Waals surface area contributed by atoms with Gasteiger partial charge >= 0.3 is 0 Å². The minimum Gasteiger partial charge on any atom is -0.338 e. The second-order valence-electron chi connectivity index (χ2n) is 6.41. The van der Waals surface area contributed by atoms with Crippen molar-refractivity contribution in [2.75, 3.05) is 19.6 Å². The van der Waals surface area contributed by atoms with Crippen molar-refractivity contribution in [1.29, 1.82) is 0 Å². The first kappa shape index (κ1) is 16.5. The summed E-state index contributed by atoms with van der Waals surface area (Å²) in [6.45, 7) is 2.78. The number of likely N-dealkylation sites (tertiary alicyclic amines) is 1. The van der Waals surface area contributed by atoms with Crippen molar-refractivity contribution in [3.63, 3.8) is 0 Å². The molecule has 3 heterocycles. The summed E-state index contributed by atoms with van der Waals surface area (Å²) in [6.07, 6.45) is 4.73. The van der Waals surface area contributed by atoms with Gasteiger partial charge in [0.05, 0.1) is 0 Å². The molecule has 1 saturated heterocycles. The highest BCUT2D eigenvalue weighted by atomic mass is 32.1. The lowest BCUT2D eigenvalue weighted by Gasteiger charge is -2.35. The Morgan fingerprint density at radius 3 is 2.87 bits per heavy atom. The van der Waals surface area contributed by atoms with E-state index in [-0.39, 0.29) is 17.9 Å². The quantitative estimate of drug-likeness (QED) is 0.911. The van der Waals surface area contributed by atoms with Gasteiger partial charge in [-0.05, 0) is 42.7 Å². The number of thiophene rings is 1. The predicted molar refractivity (Wildman–Crippen MR) is 91.1 cm³/mol. The second-order valence-corrected chi connectivity index (χ2v) is 7.41. The van der Waals surface area contributed by atoms with Crippen LogP contribution >= 0.6 is 11.3 Å². The summed E-state index contributed by atoms with van der Waals surface area (Å²) in [5.74, 6) is 0.179. The van der Waals surface area contributed by atoms with E-state index in [0.717, 1.165) is 38.8 Å². The molecular weight excluding hydrogens is 310 g/mol. The van der Waals surface area contributed by atoms with Crippen LogP contribution in [0.15, 0.2) is 11.4 Å². The zero-order chi connectivity index (χ0) is 16.2. The maximum atomic E-state index is 12.4. The number of amides is 2. The number of carbonyl (C=O) groups is 2. The minimum atomic E-state index is 0.0849. The van der Waals surface area contributed by atoms with Gasteiger partial charge < -0.3 is 15.5 Å². The number of piperidine rings is 1. The Hall–Kier alpha value is -1.40. The van der Waals surface area contributed by atoms with Crippen molar-refractivity contribution in [3.05, 3.63) is 21.9 Å². The van der Waals surface area contributed by atoms with E-state index in [1.807, 2.05) is 9.80 Å². The molecule has 126 valence electrons. The highest BCUT2D eigenvalue weighted by Gasteiger charge is 2.27. The smallest absolute Gasteiger partial charge is 0.223 e. The van der Waals surface area contributed by atoms with E-state index in [2.05, 4.69) is 11.4 Å². The van der Waals surface area contributed by atoms with Gasteiger partial charge in [-0.2, -0.15) is 0 Å². The molecule has 0 spiro atoms. The molecule has 1 atom stereocenters. The van der Waals surface area contributed by atoms with Crippen LogP contribution in [-0.2, 0) is 22.6 Å². The van der Waals surface area contributed by atoms with Gasteiger partial charge in [-0.3, -0.25) is 9.59 Å². The van der Waals surface area contributed by atoms with Crippen molar-refractivity contribution in [2.45, 2.75) is 51.1 Å². The van der Waals surface area contributed by atoms with Crippen molar-refractivity contribution in [2.24, 2.45) is 5.73 Å². The standard InChI is InChI=1S/C17H25N3O2S/c18-11-14-3-1-2-8-20(14)17(22)5-4-16(21)19-9-6-15-13(12-19)7-10-23-15/h7,10,14H,1-6,8-9,11-12,18H2. The SMILES string of the molecule is NCC1CCCCN1C(=O)CCC(=O)N1CCc2sccc2C1. The molecule has 2 N–H and O–H groups in total. The Kier molecular flexibility index (Phi) is 5.33. The van der Waals surface area contributed by atoms with E-state index in [0.29, 0.717) is 25.9 Å². The molecule has 1 aromatic rings. The topological polar surface area (TPSA) is 66.6 Å². The van der Waals surface area contributed by atoms with Crippen molar-refractivity contribution in [3.8, 4) is 0 Å². The molecular formula is C17H25N3O2S. The van der Waals surface area contributed by atoms with E-state index in [9.17, 15) is 9.59 Å². The molecule has 5 nitrogen and oxygen atoms in total. The van der Waals surface area contributed by atoms with Crippen LogP contribution in [0.4, 0.5) is 0 Å². The highest BCUT2D eigenvalue weighted by Crippen LogP contribution is 2.24. The van der Waals surface area contributed by atoms with Crippen LogP contribution in [0.25, 0.3) is 0 Å². The van der Waals surface area contributed by atoms with Crippen LogP contribution in [0.1, 0.15) is 42.5 Å². The molecule has 0 bridgehead atoms. The first-order valence-electron chi connectivity index (χ1n) is 8.51. The van der Waals surface area contributed by atoms with E-state index >= 15 is 0 Å². The highest BCUT2D eigenvalue weighted by molar-refractivity contribution is 7.10. The Morgan fingerprint density at radius 1 is 1.22 bits per heavy atom. The Labute approximate surface area is 141 Å². The molecule has 0 aromatic carbocycles. The molecule has 2 amide bonds. The fraction of sp³-hybridized carbons (Fsp3) is 0.647. The summed E-state index contributed by atoms with van der Waals surface area (Å²) >= 11 is 1.77. The average molecular weight is 335 g/mol. The number of rotatable bonds is 4. The fourth-order valence-electron chi connectivity index (χ4n) is 3.55. The Morgan fingerprint density at radius 2 is 2.04 bits per heavy atom. The molecule has 1 unspecified atom stereocenters. The third kappa shape index (κ3) is 3.75. The first-order chi connectivity index (χ1) is 11.2. The molecule has 1 fully saturated rings. The van der Waals surface area contributed by atoms with Crippen LogP contribution in [0.2, 0.25) is 0 Å². The average Bonchev–Trinajstić information content (AvgIpc) is 3.06. The van der Waals surface area contributed by atoms with E-state index < -0.39 is 0 Å². The third-order valence-corrected chi connectivity index (χ3v) is 5.96. The maximum absolute atomic E-state index is 12.4. The molecule has 0 saturated carbocycles. The molecule has 23 heavy (non-hydrogen) atoms. The first-order valence-corrected chi connectivity index (χ1v) is 9.39. The van der Waals surface area contributed by atoms with E-state index in [1.165, 1.54) is 10.4 Å². The molecule has 0 radical (unpaired) electrons. The third-order valence-electron chi connectivity index (χ3n) is 4.93. The molecule has 1 aromatic heterocycles. The van der Waals surface area contributed by atoms with Gasteiger partial charge in [0, 0.05) is 49.9 Å². The predicted octanol–water partition coefficient (Wildman–Crippen LogP) is 1.75. The number of nitrogens with two attached hydrogens (primary N) is 1. The van der Waals surface area contributed by atoms with Gasteiger partial charge in [0.25, 0.3) is 0 Å². The number of nitrogens with zero attached hydrogens (tertiary/aromatic N) is 2. The van der Waals surface area contributed by atoms with E-state index in [4.69, 9.17) is 5.73 Å². The van der Waals surface area contributed by atoms with Crippen LogP contribution < -0.4 is 5.73 Å². The Balaban J connectivity index is 1.50. The Bertz CT molecular complexity index is 572. The van der Waals surface area contributed by atoms with Crippen molar-refractivity contribution < 1.29 is 9.59 Å². The van der Waals surface area contributed by atoms with Gasteiger partial charge in [0.15, 0.2) is 0 Å². The van der Waals surface area contributed by atoms with Gasteiger partial charge in [0.2, 0.25) is 11.8 Å². The van der Waals surface area contributed by atoms with Crippen LogP contribution in [0.3, 0.4) is 0 Å². The molecule has 3 rings (SSSR count). The lowest BCUT2D eigenvalue weighted by Crippen LogP contribution is -2.47. The van der Waals surface area contributed by atoms with Crippen LogP contribution in [-0.4, -0.2) is 47.3 Å². The van der Waals surface area contributed by atoms with Crippen LogP contribution in [0, 0.1) is 0 Å². The number of carbonyl (C=O) groups excluding carboxylic acids is 2. The van der Waals surface area contributed by atoms with Gasteiger partial charge in [-0.1, -0.05) is 0 Å². The number of fused-ring (bicyclic) bond motifs is 1.